The molecule has 0 saturated heterocycles. The van der Waals surface area contributed by atoms with E-state index in [1.807, 2.05) is 0 Å². The number of rotatable bonds is 4. The molecule has 0 unspecified atom stereocenters. The average Bonchev–Trinajstić information content (AvgIpc) is 2.71. The van der Waals surface area contributed by atoms with Gasteiger partial charge in [-0.15, -0.1) is 0 Å². The van der Waals surface area contributed by atoms with Gasteiger partial charge in [-0.2, -0.15) is 9.55 Å². The molecule has 1 aromatic heterocycles. The van der Waals surface area contributed by atoms with Crippen LogP contribution in [-0.4, -0.2) is 9.55 Å². The minimum Gasteiger partial charge on any atom is -0.456 e. The van der Waals surface area contributed by atoms with Crippen LogP contribution in [0, 0.1) is 11.6 Å². The standard InChI is InChI=1S/C21H10Cl2F2N2O4/c22-11-4-7-13(8-5-11)30-17-9-6-12(10-14(17)23)27-20(28)26-19(31-21(27)29)18-15(24)2-1-3-16(18)25/h1-10H. The van der Waals surface area contributed by atoms with Crippen LogP contribution in [0.15, 0.2) is 74.7 Å². The summed E-state index contributed by atoms with van der Waals surface area (Å²) in [5.41, 5.74) is -1.79. The summed E-state index contributed by atoms with van der Waals surface area (Å²) in [5.74, 6) is -3.30. The van der Waals surface area contributed by atoms with Crippen molar-refractivity contribution in [2.45, 2.75) is 0 Å². The molecule has 3 aromatic carbocycles. The second kappa shape index (κ2) is 8.33. The van der Waals surface area contributed by atoms with Gasteiger partial charge in [-0.3, -0.25) is 0 Å². The van der Waals surface area contributed by atoms with Crippen molar-refractivity contribution >= 4 is 23.2 Å². The zero-order chi connectivity index (χ0) is 22.1. The summed E-state index contributed by atoms with van der Waals surface area (Å²) in [6.07, 6.45) is 0. The highest BCUT2D eigenvalue weighted by molar-refractivity contribution is 6.32. The van der Waals surface area contributed by atoms with E-state index in [0.29, 0.717) is 15.3 Å². The Hall–Kier alpha value is -3.49. The Balaban J connectivity index is 1.72. The maximum Gasteiger partial charge on any atom is 0.429 e. The van der Waals surface area contributed by atoms with Crippen molar-refractivity contribution in [3.05, 3.63) is 103 Å². The number of halogens is 4. The number of nitrogens with zero attached hydrogens (tertiary/aromatic N) is 2. The van der Waals surface area contributed by atoms with Crippen LogP contribution in [0.3, 0.4) is 0 Å². The van der Waals surface area contributed by atoms with Gasteiger partial charge in [0.15, 0.2) is 0 Å². The van der Waals surface area contributed by atoms with Crippen LogP contribution in [-0.2, 0) is 0 Å². The third-order valence-electron chi connectivity index (χ3n) is 4.15. The maximum absolute atomic E-state index is 13.9. The third-order valence-corrected chi connectivity index (χ3v) is 4.69. The van der Waals surface area contributed by atoms with Crippen LogP contribution in [0.5, 0.6) is 11.5 Å². The van der Waals surface area contributed by atoms with Crippen molar-refractivity contribution in [2.24, 2.45) is 0 Å². The van der Waals surface area contributed by atoms with Gasteiger partial charge in [0.05, 0.1) is 10.7 Å². The number of hydrogen-bond donors (Lipinski definition) is 0. The van der Waals surface area contributed by atoms with Crippen LogP contribution in [0.2, 0.25) is 10.0 Å². The van der Waals surface area contributed by atoms with Crippen LogP contribution < -0.4 is 16.2 Å². The van der Waals surface area contributed by atoms with Crippen LogP contribution >= 0.6 is 23.2 Å². The van der Waals surface area contributed by atoms with E-state index in [4.69, 9.17) is 32.4 Å². The Bertz CT molecular complexity index is 1350. The fourth-order valence-corrected chi connectivity index (χ4v) is 3.07. The number of hydrogen-bond acceptors (Lipinski definition) is 5. The zero-order valence-corrected chi connectivity index (χ0v) is 16.8. The SMILES string of the molecule is O=c1nc(-c2c(F)cccc2F)oc(=O)n1-c1ccc(Oc2ccc(Cl)cc2)c(Cl)c1. The molecule has 4 rings (SSSR count). The topological polar surface area (TPSA) is 74.3 Å². The Morgan fingerprint density at radius 2 is 1.61 bits per heavy atom. The molecule has 0 spiro atoms. The van der Waals surface area contributed by atoms with Gasteiger partial charge in [0.2, 0.25) is 5.89 Å². The molecule has 0 radical (unpaired) electrons. The van der Waals surface area contributed by atoms with Gasteiger partial charge in [-0.1, -0.05) is 29.3 Å². The van der Waals surface area contributed by atoms with Gasteiger partial charge in [-0.25, -0.2) is 18.4 Å². The minimum absolute atomic E-state index is 0.0280. The largest absolute Gasteiger partial charge is 0.456 e. The van der Waals surface area contributed by atoms with Crippen molar-refractivity contribution < 1.29 is 17.9 Å². The Morgan fingerprint density at radius 1 is 0.935 bits per heavy atom. The lowest BCUT2D eigenvalue weighted by molar-refractivity contribution is 0.440. The summed E-state index contributed by atoms with van der Waals surface area (Å²) in [6, 6.07) is 13.7. The highest BCUT2D eigenvalue weighted by atomic mass is 35.5. The van der Waals surface area contributed by atoms with E-state index in [-0.39, 0.29) is 16.5 Å². The Labute approximate surface area is 182 Å². The van der Waals surface area contributed by atoms with Crippen molar-refractivity contribution in [3.63, 3.8) is 0 Å². The first kappa shape index (κ1) is 20.8. The molecule has 0 bridgehead atoms. The lowest BCUT2D eigenvalue weighted by Crippen LogP contribution is -2.33. The molecule has 6 nitrogen and oxygen atoms in total. The first-order valence-electron chi connectivity index (χ1n) is 8.65. The molecule has 0 aliphatic carbocycles. The van der Waals surface area contributed by atoms with Crippen molar-refractivity contribution in [1.29, 1.82) is 0 Å². The monoisotopic (exact) mass is 462 g/mol. The van der Waals surface area contributed by atoms with E-state index in [1.54, 1.807) is 24.3 Å². The third kappa shape index (κ3) is 4.21. The van der Waals surface area contributed by atoms with Crippen LogP contribution in [0.25, 0.3) is 17.1 Å². The second-order valence-corrected chi connectivity index (χ2v) is 7.01. The summed E-state index contributed by atoms with van der Waals surface area (Å²) in [5, 5.41) is 0.620. The molecule has 156 valence electrons. The summed E-state index contributed by atoms with van der Waals surface area (Å²) in [4.78, 5) is 28.3. The lowest BCUT2D eigenvalue weighted by Gasteiger charge is -2.10. The molecular weight excluding hydrogens is 453 g/mol. The molecule has 0 atom stereocenters. The zero-order valence-electron chi connectivity index (χ0n) is 15.3. The van der Waals surface area contributed by atoms with Crippen molar-refractivity contribution in [3.8, 4) is 28.6 Å². The maximum atomic E-state index is 13.9. The Morgan fingerprint density at radius 3 is 2.23 bits per heavy atom. The van der Waals surface area contributed by atoms with Crippen LogP contribution in [0.4, 0.5) is 8.78 Å². The fraction of sp³-hybridized carbons (Fsp3) is 0. The second-order valence-electron chi connectivity index (χ2n) is 6.17. The van der Waals surface area contributed by atoms with Gasteiger partial charge in [-0.05, 0) is 54.6 Å². The molecule has 0 fully saturated rings. The predicted octanol–water partition coefficient (Wildman–Crippen LogP) is 5.23. The first-order valence-corrected chi connectivity index (χ1v) is 9.41. The molecule has 0 N–H and O–H groups in total. The molecule has 1 heterocycles. The van der Waals surface area contributed by atoms with E-state index >= 15 is 0 Å². The van der Waals surface area contributed by atoms with Gasteiger partial charge in [0.25, 0.3) is 0 Å². The van der Waals surface area contributed by atoms with Gasteiger partial charge < -0.3 is 9.15 Å². The quantitative estimate of drug-likeness (QED) is 0.415. The van der Waals surface area contributed by atoms with Crippen molar-refractivity contribution in [2.75, 3.05) is 0 Å². The van der Waals surface area contributed by atoms with E-state index < -0.39 is 34.5 Å². The molecule has 0 aliphatic rings. The van der Waals surface area contributed by atoms with E-state index in [2.05, 4.69) is 4.98 Å². The fourth-order valence-electron chi connectivity index (χ4n) is 2.73. The molecule has 0 saturated carbocycles. The summed E-state index contributed by atoms with van der Waals surface area (Å²) in [7, 11) is 0. The molecule has 4 aromatic rings. The normalized spacial score (nSPS) is 10.8. The molecular formula is C21H10Cl2F2N2O4. The van der Waals surface area contributed by atoms with Gasteiger partial charge in [0, 0.05) is 5.02 Å². The predicted molar refractivity (Wildman–Crippen MR) is 110 cm³/mol. The summed E-state index contributed by atoms with van der Waals surface area (Å²) in [6.45, 7) is 0. The number of benzene rings is 3. The van der Waals surface area contributed by atoms with Gasteiger partial charge in [0.1, 0.15) is 28.7 Å². The van der Waals surface area contributed by atoms with Gasteiger partial charge >= 0.3 is 11.4 Å². The van der Waals surface area contributed by atoms with Crippen LogP contribution in [0.1, 0.15) is 0 Å². The van der Waals surface area contributed by atoms with Crippen molar-refractivity contribution in [1.82, 2.24) is 9.55 Å². The minimum atomic E-state index is -1.19. The molecule has 0 amide bonds. The Kier molecular flexibility index (Phi) is 5.58. The highest BCUT2D eigenvalue weighted by Gasteiger charge is 2.19. The first-order chi connectivity index (χ1) is 14.8. The summed E-state index contributed by atoms with van der Waals surface area (Å²) >= 11 is 12.0. The highest BCUT2D eigenvalue weighted by Crippen LogP contribution is 2.31. The smallest absolute Gasteiger partial charge is 0.429 e. The number of aromatic nitrogens is 2. The summed E-state index contributed by atoms with van der Waals surface area (Å²) < 4.78 is 39.0. The number of ether oxygens (including phenoxy) is 1. The average molecular weight is 463 g/mol. The molecule has 10 heteroatoms. The lowest BCUT2D eigenvalue weighted by atomic mass is 10.2. The van der Waals surface area contributed by atoms with E-state index in [9.17, 15) is 18.4 Å². The molecule has 0 aliphatic heterocycles. The molecule has 31 heavy (non-hydrogen) atoms. The van der Waals surface area contributed by atoms with E-state index in [0.717, 1.165) is 18.2 Å². The van der Waals surface area contributed by atoms with E-state index in [1.165, 1.54) is 18.2 Å².